The van der Waals surface area contributed by atoms with Crippen LogP contribution in [0.3, 0.4) is 0 Å². The highest BCUT2D eigenvalue weighted by Gasteiger charge is 1.97. The topological polar surface area (TPSA) is 49.3 Å². The molecule has 0 aliphatic heterocycles. The Morgan fingerprint density at radius 1 is 0.682 bits per heavy atom. The Bertz CT molecular complexity index is 231. The molecular formula is C19H39NO2. The number of aliphatic carboxylic acids is 1. The van der Waals surface area contributed by atoms with Gasteiger partial charge in [0.2, 0.25) is 0 Å². The Morgan fingerprint density at radius 2 is 1.09 bits per heavy atom. The fourth-order valence-corrected chi connectivity index (χ4v) is 2.72. The second-order valence-electron chi connectivity index (χ2n) is 6.49. The highest BCUT2D eigenvalue weighted by molar-refractivity contribution is 5.66. The molecule has 0 fully saturated rings. The first-order valence-electron chi connectivity index (χ1n) is 9.70. The minimum atomic E-state index is -0.656. The second kappa shape index (κ2) is 18.5. The number of nitrogens with one attached hydrogen (secondary N) is 1. The van der Waals surface area contributed by atoms with Crippen molar-refractivity contribution >= 4 is 5.97 Å². The van der Waals surface area contributed by atoms with E-state index in [9.17, 15) is 4.79 Å². The van der Waals surface area contributed by atoms with Gasteiger partial charge in [0.1, 0.15) is 0 Å². The number of carboxylic acid groups (broad SMARTS) is 1. The number of hydrogen-bond donors (Lipinski definition) is 2. The monoisotopic (exact) mass is 313 g/mol. The molecule has 22 heavy (non-hydrogen) atoms. The first-order chi connectivity index (χ1) is 10.8. The highest BCUT2D eigenvalue weighted by Crippen LogP contribution is 2.12. The number of unbranched alkanes of at least 4 members (excludes halogenated alkanes) is 12. The van der Waals surface area contributed by atoms with E-state index >= 15 is 0 Å². The lowest BCUT2D eigenvalue weighted by Crippen LogP contribution is -2.16. The second-order valence-corrected chi connectivity index (χ2v) is 6.49. The molecule has 0 saturated carbocycles. The number of carboxylic acids is 1. The van der Waals surface area contributed by atoms with Crippen molar-refractivity contribution in [3.63, 3.8) is 0 Å². The summed E-state index contributed by atoms with van der Waals surface area (Å²) in [5, 5.41) is 12.0. The Labute approximate surface area is 138 Å². The highest BCUT2D eigenvalue weighted by atomic mass is 16.4. The van der Waals surface area contributed by atoms with Gasteiger partial charge in [0.25, 0.3) is 0 Å². The molecule has 0 aromatic rings. The summed E-state index contributed by atoms with van der Waals surface area (Å²) in [6, 6.07) is 0. The maximum atomic E-state index is 10.4. The Morgan fingerprint density at radius 3 is 1.55 bits per heavy atom. The molecule has 3 heteroatoms. The van der Waals surface area contributed by atoms with Crippen LogP contribution >= 0.6 is 0 Å². The van der Waals surface area contributed by atoms with Crippen LogP contribution in [0.2, 0.25) is 0 Å². The van der Waals surface area contributed by atoms with Gasteiger partial charge < -0.3 is 10.4 Å². The van der Waals surface area contributed by atoms with Gasteiger partial charge in [0, 0.05) is 6.42 Å². The van der Waals surface area contributed by atoms with Crippen molar-refractivity contribution in [2.75, 3.05) is 13.1 Å². The number of rotatable bonds is 18. The Kier molecular flexibility index (Phi) is 18.0. The van der Waals surface area contributed by atoms with Gasteiger partial charge >= 0.3 is 5.97 Å². The normalized spacial score (nSPS) is 11.0. The zero-order chi connectivity index (χ0) is 16.3. The summed E-state index contributed by atoms with van der Waals surface area (Å²) < 4.78 is 0. The van der Waals surface area contributed by atoms with Gasteiger partial charge in [-0.2, -0.15) is 0 Å². The van der Waals surface area contributed by atoms with E-state index in [0.29, 0.717) is 6.42 Å². The Hall–Kier alpha value is -0.570. The zero-order valence-electron chi connectivity index (χ0n) is 14.9. The molecule has 3 nitrogen and oxygen atoms in total. The number of carbonyl (C=O) groups is 1. The summed E-state index contributed by atoms with van der Waals surface area (Å²) in [6.45, 7) is 4.62. The molecule has 0 atom stereocenters. The maximum Gasteiger partial charge on any atom is 0.303 e. The van der Waals surface area contributed by atoms with Crippen LogP contribution in [-0.2, 0) is 4.79 Å². The first kappa shape index (κ1) is 21.4. The summed E-state index contributed by atoms with van der Waals surface area (Å²) in [5.41, 5.74) is 0. The van der Waals surface area contributed by atoms with Gasteiger partial charge in [-0.15, -0.1) is 0 Å². The summed E-state index contributed by atoms with van der Waals surface area (Å²) in [7, 11) is 0. The van der Waals surface area contributed by atoms with Crippen molar-refractivity contribution in [3.8, 4) is 0 Å². The SMILES string of the molecule is CCCCNCCCCCCCCCCCCCCC(=O)O. The van der Waals surface area contributed by atoms with Crippen LogP contribution in [0.5, 0.6) is 0 Å². The van der Waals surface area contributed by atoms with Crippen LogP contribution in [-0.4, -0.2) is 24.2 Å². The Balaban J connectivity index is 2.95. The number of hydrogen-bond acceptors (Lipinski definition) is 2. The van der Waals surface area contributed by atoms with Crippen LogP contribution in [0.4, 0.5) is 0 Å². The minimum Gasteiger partial charge on any atom is -0.481 e. The predicted octanol–water partition coefficient (Wildman–Crippen LogP) is 5.53. The maximum absolute atomic E-state index is 10.4. The van der Waals surface area contributed by atoms with E-state index in [4.69, 9.17) is 5.11 Å². The third-order valence-electron chi connectivity index (χ3n) is 4.20. The molecule has 0 unspecified atom stereocenters. The average Bonchev–Trinajstić information content (AvgIpc) is 2.50. The van der Waals surface area contributed by atoms with E-state index in [-0.39, 0.29) is 0 Å². The molecule has 2 N–H and O–H groups in total. The molecule has 0 aromatic heterocycles. The lowest BCUT2D eigenvalue weighted by Gasteiger charge is -2.04. The van der Waals surface area contributed by atoms with E-state index in [0.717, 1.165) is 12.8 Å². The van der Waals surface area contributed by atoms with Crippen LogP contribution in [0.25, 0.3) is 0 Å². The largest absolute Gasteiger partial charge is 0.481 e. The molecule has 0 rings (SSSR count). The standard InChI is InChI=1S/C19H39NO2/c1-2-3-17-20-18-15-13-11-9-7-5-4-6-8-10-12-14-16-19(21)22/h20H,2-18H2,1H3,(H,21,22). The van der Waals surface area contributed by atoms with E-state index in [2.05, 4.69) is 12.2 Å². The lowest BCUT2D eigenvalue weighted by atomic mass is 10.0. The summed E-state index contributed by atoms with van der Waals surface area (Å²) >= 11 is 0. The van der Waals surface area contributed by atoms with Crippen LogP contribution in [0.15, 0.2) is 0 Å². The molecule has 0 spiro atoms. The van der Waals surface area contributed by atoms with Crippen molar-refractivity contribution in [1.29, 1.82) is 0 Å². The van der Waals surface area contributed by atoms with E-state index in [1.54, 1.807) is 0 Å². The first-order valence-corrected chi connectivity index (χ1v) is 9.70. The van der Waals surface area contributed by atoms with Gasteiger partial charge in [0.05, 0.1) is 0 Å². The smallest absolute Gasteiger partial charge is 0.303 e. The van der Waals surface area contributed by atoms with Crippen molar-refractivity contribution in [3.05, 3.63) is 0 Å². The zero-order valence-corrected chi connectivity index (χ0v) is 14.9. The molecule has 0 amide bonds. The quantitative estimate of drug-likeness (QED) is 0.327. The minimum absolute atomic E-state index is 0.341. The average molecular weight is 314 g/mol. The third-order valence-corrected chi connectivity index (χ3v) is 4.20. The molecule has 0 aliphatic carbocycles. The van der Waals surface area contributed by atoms with Crippen molar-refractivity contribution in [2.24, 2.45) is 0 Å². The summed E-state index contributed by atoms with van der Waals surface area (Å²) in [6.07, 6.45) is 18.3. The fraction of sp³-hybridized carbons (Fsp3) is 0.947. The van der Waals surface area contributed by atoms with Gasteiger partial charge in [-0.1, -0.05) is 77.6 Å². The van der Waals surface area contributed by atoms with Gasteiger partial charge in [-0.3, -0.25) is 4.79 Å². The molecule has 0 bridgehead atoms. The van der Waals surface area contributed by atoms with Crippen LogP contribution < -0.4 is 5.32 Å². The summed E-state index contributed by atoms with van der Waals surface area (Å²) in [4.78, 5) is 10.4. The van der Waals surface area contributed by atoms with Gasteiger partial charge in [0.15, 0.2) is 0 Å². The molecule has 0 aromatic carbocycles. The molecule has 0 heterocycles. The van der Waals surface area contributed by atoms with Crippen molar-refractivity contribution < 1.29 is 9.90 Å². The van der Waals surface area contributed by atoms with Crippen molar-refractivity contribution in [2.45, 2.75) is 103 Å². The predicted molar refractivity (Wildman–Crippen MR) is 95.4 cm³/mol. The molecule has 132 valence electrons. The van der Waals surface area contributed by atoms with Gasteiger partial charge in [-0.25, -0.2) is 0 Å². The third kappa shape index (κ3) is 19.4. The lowest BCUT2D eigenvalue weighted by molar-refractivity contribution is -0.137. The molecule has 0 saturated heterocycles. The van der Waals surface area contributed by atoms with Crippen molar-refractivity contribution in [1.82, 2.24) is 5.32 Å². The molecular weight excluding hydrogens is 274 g/mol. The summed E-state index contributed by atoms with van der Waals surface area (Å²) in [5.74, 6) is -0.656. The fourth-order valence-electron chi connectivity index (χ4n) is 2.72. The van der Waals surface area contributed by atoms with E-state index in [1.165, 1.54) is 90.1 Å². The van der Waals surface area contributed by atoms with Crippen LogP contribution in [0.1, 0.15) is 103 Å². The van der Waals surface area contributed by atoms with E-state index < -0.39 is 5.97 Å². The van der Waals surface area contributed by atoms with Gasteiger partial charge in [-0.05, 0) is 32.4 Å². The van der Waals surface area contributed by atoms with Crippen LogP contribution in [0, 0.1) is 0 Å². The molecule has 0 radical (unpaired) electrons. The molecule has 0 aliphatic rings. The van der Waals surface area contributed by atoms with E-state index in [1.807, 2.05) is 0 Å².